The number of unbranched alkanes of at least 4 members (excludes halogenated alkanes) is 1. The monoisotopic (exact) mass is 257 g/mol. The van der Waals surface area contributed by atoms with Crippen LogP contribution in [0.4, 0.5) is 10.5 Å². The van der Waals surface area contributed by atoms with Crippen molar-refractivity contribution < 1.29 is 19.1 Å². The molecule has 6 heteroatoms. The van der Waals surface area contributed by atoms with E-state index in [4.69, 9.17) is 4.74 Å². The molecule has 0 atom stereocenters. The molecule has 1 aromatic heterocycles. The molecule has 0 bridgehead atoms. The van der Waals surface area contributed by atoms with Gasteiger partial charge in [-0.15, -0.1) is 11.3 Å². The largest absolute Gasteiger partial charge is 0.465 e. The number of ether oxygens (including phenoxy) is 2. The van der Waals surface area contributed by atoms with Gasteiger partial charge in [0.15, 0.2) is 0 Å². The molecule has 0 aliphatic rings. The van der Waals surface area contributed by atoms with Crippen molar-refractivity contribution in [3.63, 3.8) is 0 Å². The Morgan fingerprint density at radius 2 is 2.24 bits per heavy atom. The Hall–Kier alpha value is -1.56. The molecule has 1 heterocycles. The molecule has 0 saturated heterocycles. The second-order valence-electron chi connectivity index (χ2n) is 3.27. The molecule has 0 unspecified atom stereocenters. The van der Waals surface area contributed by atoms with Gasteiger partial charge in [0.1, 0.15) is 4.88 Å². The number of carbonyl (C=O) groups excluding carboxylic acids is 2. The minimum absolute atomic E-state index is 0.361. The van der Waals surface area contributed by atoms with Gasteiger partial charge in [-0.2, -0.15) is 0 Å². The Morgan fingerprint density at radius 1 is 1.47 bits per heavy atom. The lowest BCUT2D eigenvalue weighted by Gasteiger charge is -2.06. The Labute approximate surface area is 104 Å². The number of carbonyl (C=O) groups is 2. The van der Waals surface area contributed by atoms with Crippen molar-refractivity contribution in [1.29, 1.82) is 0 Å². The van der Waals surface area contributed by atoms with Gasteiger partial charge in [-0.3, -0.25) is 5.32 Å². The Kier molecular flexibility index (Phi) is 5.48. The molecule has 1 aromatic rings. The normalized spacial score (nSPS) is 9.76. The summed E-state index contributed by atoms with van der Waals surface area (Å²) in [5.41, 5.74) is 0.420. The molecule has 1 amide bonds. The number of methoxy groups -OCH3 is 1. The van der Waals surface area contributed by atoms with E-state index in [1.165, 1.54) is 18.4 Å². The summed E-state index contributed by atoms with van der Waals surface area (Å²) in [6.07, 6.45) is 1.22. The van der Waals surface area contributed by atoms with Crippen LogP contribution in [0.3, 0.4) is 0 Å². The molecule has 0 spiro atoms. The van der Waals surface area contributed by atoms with Crippen LogP contribution < -0.4 is 5.32 Å². The summed E-state index contributed by atoms with van der Waals surface area (Å²) in [6, 6.07) is 1.64. The molecule has 1 N–H and O–H groups in total. The van der Waals surface area contributed by atoms with Crippen molar-refractivity contribution in [2.75, 3.05) is 19.0 Å². The summed E-state index contributed by atoms with van der Waals surface area (Å²) in [5, 5.41) is 4.22. The lowest BCUT2D eigenvalue weighted by molar-refractivity contribution is 0.0607. The van der Waals surface area contributed by atoms with E-state index in [-0.39, 0.29) is 0 Å². The van der Waals surface area contributed by atoms with E-state index >= 15 is 0 Å². The average molecular weight is 257 g/mol. The summed E-state index contributed by atoms with van der Waals surface area (Å²) in [6.45, 7) is 2.38. The van der Waals surface area contributed by atoms with Crippen LogP contribution in [0.2, 0.25) is 0 Å². The summed E-state index contributed by atoms with van der Waals surface area (Å²) >= 11 is 1.21. The zero-order chi connectivity index (χ0) is 12.7. The molecule has 0 aliphatic carbocycles. The van der Waals surface area contributed by atoms with Gasteiger partial charge in [0.25, 0.3) is 0 Å². The second kappa shape index (κ2) is 6.90. The van der Waals surface area contributed by atoms with E-state index in [9.17, 15) is 9.59 Å². The first-order valence-electron chi connectivity index (χ1n) is 5.28. The Bertz CT molecular complexity index is 389. The van der Waals surface area contributed by atoms with Crippen molar-refractivity contribution in [1.82, 2.24) is 0 Å². The molecule has 1 rings (SSSR count). The zero-order valence-electron chi connectivity index (χ0n) is 9.82. The van der Waals surface area contributed by atoms with Crippen LogP contribution in [-0.4, -0.2) is 25.8 Å². The Balaban J connectivity index is 2.53. The third-order valence-electron chi connectivity index (χ3n) is 2.00. The van der Waals surface area contributed by atoms with Crippen LogP contribution in [0.1, 0.15) is 29.4 Å². The van der Waals surface area contributed by atoms with Gasteiger partial charge < -0.3 is 9.47 Å². The first kappa shape index (κ1) is 13.5. The van der Waals surface area contributed by atoms with Gasteiger partial charge in [0, 0.05) is 0 Å². The number of rotatable bonds is 5. The molecular weight excluding hydrogens is 242 g/mol. The standard InChI is InChI=1S/C11H15NO4S/c1-3-4-6-16-11(14)12-8-5-7-17-9(8)10(13)15-2/h5,7H,3-4,6H2,1-2H3,(H,12,14). The van der Waals surface area contributed by atoms with Crippen molar-refractivity contribution in [2.45, 2.75) is 19.8 Å². The molecule has 0 saturated carbocycles. The first-order chi connectivity index (χ1) is 8.19. The number of nitrogens with one attached hydrogen (secondary N) is 1. The van der Waals surface area contributed by atoms with Gasteiger partial charge in [0.05, 0.1) is 19.4 Å². The summed E-state index contributed by atoms with van der Waals surface area (Å²) in [4.78, 5) is 23.1. The first-order valence-corrected chi connectivity index (χ1v) is 6.16. The van der Waals surface area contributed by atoms with Gasteiger partial charge in [-0.1, -0.05) is 13.3 Å². The molecule has 0 fully saturated rings. The molecule has 0 aliphatic heterocycles. The minimum atomic E-state index is -0.554. The number of thiophene rings is 1. The molecule has 17 heavy (non-hydrogen) atoms. The van der Waals surface area contributed by atoms with E-state index in [0.29, 0.717) is 17.2 Å². The maximum Gasteiger partial charge on any atom is 0.411 e. The topological polar surface area (TPSA) is 64.6 Å². The lowest BCUT2D eigenvalue weighted by atomic mass is 10.4. The van der Waals surface area contributed by atoms with Crippen LogP contribution in [0.15, 0.2) is 11.4 Å². The van der Waals surface area contributed by atoms with Crippen molar-refractivity contribution in [2.24, 2.45) is 0 Å². The highest BCUT2D eigenvalue weighted by molar-refractivity contribution is 7.12. The van der Waals surface area contributed by atoms with Crippen molar-refractivity contribution >= 4 is 29.1 Å². The third kappa shape index (κ3) is 4.07. The molecule has 5 nitrogen and oxygen atoms in total. The molecule has 0 radical (unpaired) electrons. The number of esters is 1. The van der Waals surface area contributed by atoms with Crippen LogP contribution >= 0.6 is 11.3 Å². The fourth-order valence-corrected chi connectivity index (χ4v) is 1.88. The third-order valence-corrected chi connectivity index (χ3v) is 2.90. The highest BCUT2D eigenvalue weighted by Crippen LogP contribution is 2.23. The maximum absolute atomic E-state index is 11.4. The SMILES string of the molecule is CCCCOC(=O)Nc1ccsc1C(=O)OC. The lowest BCUT2D eigenvalue weighted by Crippen LogP contribution is -2.15. The van der Waals surface area contributed by atoms with Crippen LogP contribution in [0.25, 0.3) is 0 Å². The maximum atomic E-state index is 11.4. The van der Waals surface area contributed by atoms with Gasteiger partial charge in [-0.05, 0) is 17.9 Å². The highest BCUT2D eigenvalue weighted by Gasteiger charge is 2.15. The summed E-state index contributed by atoms with van der Waals surface area (Å²) in [7, 11) is 1.30. The number of amides is 1. The highest BCUT2D eigenvalue weighted by atomic mass is 32.1. The minimum Gasteiger partial charge on any atom is -0.465 e. The van der Waals surface area contributed by atoms with Gasteiger partial charge in [0.2, 0.25) is 0 Å². The van der Waals surface area contributed by atoms with E-state index in [0.717, 1.165) is 12.8 Å². The summed E-state index contributed by atoms with van der Waals surface area (Å²) in [5.74, 6) is -0.469. The van der Waals surface area contributed by atoms with Gasteiger partial charge >= 0.3 is 12.1 Å². The fourth-order valence-electron chi connectivity index (χ4n) is 1.11. The summed E-state index contributed by atoms with van der Waals surface area (Å²) < 4.78 is 9.52. The number of anilines is 1. The smallest absolute Gasteiger partial charge is 0.411 e. The molecule has 0 aromatic carbocycles. The van der Waals surface area contributed by atoms with Crippen LogP contribution in [0, 0.1) is 0 Å². The predicted molar refractivity (Wildman–Crippen MR) is 65.5 cm³/mol. The molecular formula is C11H15NO4S. The quantitative estimate of drug-likeness (QED) is 0.650. The van der Waals surface area contributed by atoms with Gasteiger partial charge in [-0.25, -0.2) is 9.59 Å². The zero-order valence-corrected chi connectivity index (χ0v) is 10.6. The van der Waals surface area contributed by atoms with Crippen LogP contribution in [0.5, 0.6) is 0 Å². The van der Waals surface area contributed by atoms with E-state index < -0.39 is 12.1 Å². The number of hydrogen-bond donors (Lipinski definition) is 1. The van der Waals surface area contributed by atoms with E-state index in [1.54, 1.807) is 11.4 Å². The van der Waals surface area contributed by atoms with Crippen molar-refractivity contribution in [3.8, 4) is 0 Å². The van der Waals surface area contributed by atoms with Crippen LogP contribution in [-0.2, 0) is 9.47 Å². The van der Waals surface area contributed by atoms with Crippen molar-refractivity contribution in [3.05, 3.63) is 16.3 Å². The molecule has 94 valence electrons. The second-order valence-corrected chi connectivity index (χ2v) is 4.19. The van der Waals surface area contributed by atoms with E-state index in [1.807, 2.05) is 6.92 Å². The fraction of sp³-hybridized carbons (Fsp3) is 0.455. The predicted octanol–water partition coefficient (Wildman–Crippen LogP) is 2.88. The average Bonchev–Trinajstić information content (AvgIpc) is 2.76. The van der Waals surface area contributed by atoms with E-state index in [2.05, 4.69) is 10.1 Å². The number of hydrogen-bond acceptors (Lipinski definition) is 5. The Morgan fingerprint density at radius 3 is 2.88 bits per heavy atom.